The maximum Gasteiger partial charge on any atom is 0.328 e. The number of hydrogen-bond acceptors (Lipinski definition) is 4. The molecule has 1 aliphatic rings. The summed E-state index contributed by atoms with van der Waals surface area (Å²) in [5, 5.41) is 0. The van der Waals surface area contributed by atoms with E-state index in [-0.39, 0.29) is 11.6 Å². The second-order valence-electron chi connectivity index (χ2n) is 4.78. The topological polar surface area (TPSA) is 83.9 Å². The number of hydrogen-bond donors (Lipinski definition) is 1. The van der Waals surface area contributed by atoms with E-state index in [9.17, 15) is 9.59 Å². The number of halogens is 1. The molecule has 0 spiro atoms. The maximum absolute atomic E-state index is 11.9. The second kappa shape index (κ2) is 5.35. The van der Waals surface area contributed by atoms with E-state index in [0.717, 1.165) is 19.4 Å². The number of imidazole rings is 1. The lowest BCUT2D eigenvalue weighted by Crippen LogP contribution is -2.27. The molecule has 0 bridgehead atoms. The normalized spacial score (nSPS) is 15.4. The van der Waals surface area contributed by atoms with Crippen LogP contribution in [0.25, 0.3) is 11.3 Å². The summed E-state index contributed by atoms with van der Waals surface area (Å²) in [5.74, 6) is 0.207. The Morgan fingerprint density at radius 1 is 1.35 bits per heavy atom. The number of likely N-dealkylation sites (tertiary alicyclic amines) is 1. The van der Waals surface area contributed by atoms with Gasteiger partial charge in [0.2, 0.25) is 5.91 Å². The molecule has 0 aromatic carbocycles. The molecule has 1 saturated heterocycles. The van der Waals surface area contributed by atoms with Gasteiger partial charge in [0.05, 0.1) is 6.20 Å². The number of aromatic nitrogens is 4. The summed E-state index contributed by atoms with van der Waals surface area (Å²) in [5.41, 5.74) is 0.804. The number of aryl methyl sites for hydroxylation is 1. The maximum atomic E-state index is 11.9. The molecule has 2 aromatic heterocycles. The van der Waals surface area contributed by atoms with Crippen molar-refractivity contribution in [2.75, 3.05) is 13.1 Å². The molecule has 0 aliphatic carbocycles. The second-order valence-corrected chi connectivity index (χ2v) is 5.60. The standard InChI is InChI=1S/C12H14BrN5O2/c13-8-7-14-10-11(15-8)18(12(20)16-10)6-2-5-17-4-1-3-9(17)19/h7H,1-6H2,(H,14,16,20). The van der Waals surface area contributed by atoms with Gasteiger partial charge in [-0.1, -0.05) is 0 Å². The van der Waals surface area contributed by atoms with Crippen LogP contribution >= 0.6 is 15.9 Å². The van der Waals surface area contributed by atoms with Crippen LogP contribution in [0, 0.1) is 0 Å². The third-order valence-electron chi connectivity index (χ3n) is 3.43. The summed E-state index contributed by atoms with van der Waals surface area (Å²) in [4.78, 5) is 36.3. The SMILES string of the molecule is O=C1CCCN1CCCn1c(=O)[nH]c2ncc(Br)nc21. The van der Waals surface area contributed by atoms with Gasteiger partial charge in [0.1, 0.15) is 4.60 Å². The fraction of sp³-hybridized carbons (Fsp3) is 0.500. The quantitative estimate of drug-likeness (QED) is 0.896. The molecule has 1 aliphatic heterocycles. The van der Waals surface area contributed by atoms with E-state index in [1.54, 1.807) is 10.8 Å². The van der Waals surface area contributed by atoms with Crippen molar-refractivity contribution < 1.29 is 4.79 Å². The minimum Gasteiger partial charge on any atom is -0.343 e. The number of amides is 1. The Balaban J connectivity index is 1.74. The van der Waals surface area contributed by atoms with Crippen molar-refractivity contribution in [3.05, 3.63) is 21.3 Å². The number of aromatic amines is 1. The summed E-state index contributed by atoms with van der Waals surface area (Å²) in [6, 6.07) is 0. The first-order valence-corrected chi connectivity index (χ1v) is 7.33. The molecule has 3 heterocycles. The highest BCUT2D eigenvalue weighted by atomic mass is 79.9. The van der Waals surface area contributed by atoms with Crippen molar-refractivity contribution in [3.63, 3.8) is 0 Å². The molecule has 0 atom stereocenters. The molecule has 1 N–H and O–H groups in total. The van der Waals surface area contributed by atoms with E-state index in [2.05, 4.69) is 30.9 Å². The van der Waals surface area contributed by atoms with Gasteiger partial charge in [-0.15, -0.1) is 0 Å². The van der Waals surface area contributed by atoms with Crippen molar-refractivity contribution >= 4 is 33.1 Å². The Labute approximate surface area is 123 Å². The molecule has 20 heavy (non-hydrogen) atoms. The van der Waals surface area contributed by atoms with Crippen molar-refractivity contribution in [1.82, 2.24) is 24.4 Å². The zero-order valence-electron chi connectivity index (χ0n) is 10.8. The minimum atomic E-state index is -0.217. The van der Waals surface area contributed by atoms with Crippen LogP contribution in [0.1, 0.15) is 19.3 Å². The van der Waals surface area contributed by atoms with E-state index in [1.165, 1.54) is 0 Å². The number of nitrogens with one attached hydrogen (secondary N) is 1. The molecular formula is C12H14BrN5O2. The fourth-order valence-electron chi connectivity index (χ4n) is 2.47. The average Bonchev–Trinajstić information content (AvgIpc) is 2.95. The van der Waals surface area contributed by atoms with Crippen LogP contribution < -0.4 is 5.69 Å². The van der Waals surface area contributed by atoms with E-state index in [4.69, 9.17) is 0 Å². The lowest BCUT2D eigenvalue weighted by molar-refractivity contribution is -0.127. The van der Waals surface area contributed by atoms with Crippen LogP contribution in [0.15, 0.2) is 15.6 Å². The van der Waals surface area contributed by atoms with Crippen LogP contribution in [0.5, 0.6) is 0 Å². The molecule has 106 valence electrons. The van der Waals surface area contributed by atoms with Gasteiger partial charge in [0.15, 0.2) is 11.3 Å². The molecule has 0 radical (unpaired) electrons. The first-order valence-electron chi connectivity index (χ1n) is 6.54. The van der Waals surface area contributed by atoms with Gasteiger partial charge in [-0.2, -0.15) is 0 Å². The van der Waals surface area contributed by atoms with Crippen LogP contribution in [-0.4, -0.2) is 43.4 Å². The number of carbonyl (C=O) groups is 1. The Kier molecular flexibility index (Phi) is 3.56. The molecule has 1 amide bonds. The molecular weight excluding hydrogens is 326 g/mol. The summed E-state index contributed by atoms with van der Waals surface area (Å²) in [6.45, 7) is 2.03. The lowest BCUT2D eigenvalue weighted by atomic mass is 10.4. The van der Waals surface area contributed by atoms with E-state index >= 15 is 0 Å². The zero-order chi connectivity index (χ0) is 14.1. The first kappa shape index (κ1) is 13.3. The third kappa shape index (κ3) is 2.47. The van der Waals surface area contributed by atoms with Gasteiger partial charge in [-0.25, -0.2) is 14.8 Å². The summed E-state index contributed by atoms with van der Waals surface area (Å²) in [7, 11) is 0. The highest BCUT2D eigenvalue weighted by molar-refractivity contribution is 9.10. The Morgan fingerprint density at radius 2 is 2.20 bits per heavy atom. The van der Waals surface area contributed by atoms with Crippen molar-refractivity contribution in [2.45, 2.75) is 25.8 Å². The molecule has 0 unspecified atom stereocenters. The summed E-state index contributed by atoms with van der Waals surface area (Å²) >= 11 is 3.25. The van der Waals surface area contributed by atoms with Gasteiger partial charge in [-0.05, 0) is 28.8 Å². The Hall–Kier alpha value is -1.70. The Morgan fingerprint density at radius 3 is 2.95 bits per heavy atom. The molecule has 3 rings (SSSR count). The van der Waals surface area contributed by atoms with Crippen LogP contribution in [-0.2, 0) is 11.3 Å². The highest BCUT2D eigenvalue weighted by Gasteiger charge is 2.19. The molecule has 2 aromatic rings. The van der Waals surface area contributed by atoms with Crippen molar-refractivity contribution in [3.8, 4) is 0 Å². The molecule has 8 heteroatoms. The van der Waals surface area contributed by atoms with Gasteiger partial charge in [-0.3, -0.25) is 14.3 Å². The van der Waals surface area contributed by atoms with Gasteiger partial charge in [0.25, 0.3) is 0 Å². The van der Waals surface area contributed by atoms with E-state index in [1.807, 2.05) is 4.90 Å². The van der Waals surface area contributed by atoms with Crippen molar-refractivity contribution in [1.29, 1.82) is 0 Å². The number of nitrogens with zero attached hydrogens (tertiary/aromatic N) is 4. The number of H-pyrrole nitrogens is 1. The van der Waals surface area contributed by atoms with Crippen LogP contribution in [0.4, 0.5) is 0 Å². The van der Waals surface area contributed by atoms with E-state index in [0.29, 0.717) is 35.4 Å². The predicted molar refractivity (Wildman–Crippen MR) is 76.3 cm³/mol. The van der Waals surface area contributed by atoms with Gasteiger partial charge < -0.3 is 4.90 Å². The average molecular weight is 340 g/mol. The minimum absolute atomic E-state index is 0.207. The summed E-state index contributed by atoms with van der Waals surface area (Å²) in [6.07, 6.45) is 3.86. The molecule has 7 nitrogen and oxygen atoms in total. The molecule has 0 saturated carbocycles. The van der Waals surface area contributed by atoms with Gasteiger partial charge >= 0.3 is 5.69 Å². The third-order valence-corrected chi connectivity index (χ3v) is 3.81. The summed E-state index contributed by atoms with van der Waals surface area (Å²) < 4.78 is 2.15. The van der Waals surface area contributed by atoms with Crippen molar-refractivity contribution in [2.24, 2.45) is 0 Å². The largest absolute Gasteiger partial charge is 0.343 e. The Bertz CT molecular complexity index is 707. The first-order chi connectivity index (χ1) is 9.65. The molecule has 1 fully saturated rings. The van der Waals surface area contributed by atoms with Crippen LogP contribution in [0.3, 0.4) is 0 Å². The fourth-order valence-corrected chi connectivity index (χ4v) is 2.74. The van der Waals surface area contributed by atoms with E-state index < -0.39 is 0 Å². The number of carbonyl (C=O) groups excluding carboxylic acids is 1. The lowest BCUT2D eigenvalue weighted by Gasteiger charge is -2.14. The number of rotatable bonds is 4. The number of fused-ring (bicyclic) bond motifs is 1. The monoisotopic (exact) mass is 339 g/mol. The predicted octanol–water partition coefficient (Wildman–Crippen LogP) is 0.895. The highest BCUT2D eigenvalue weighted by Crippen LogP contribution is 2.12. The van der Waals surface area contributed by atoms with Gasteiger partial charge in [0, 0.05) is 26.1 Å². The zero-order valence-corrected chi connectivity index (χ0v) is 12.4. The smallest absolute Gasteiger partial charge is 0.328 e. The van der Waals surface area contributed by atoms with Crippen LogP contribution in [0.2, 0.25) is 0 Å².